The predicted octanol–water partition coefficient (Wildman–Crippen LogP) is 4.17. The van der Waals surface area contributed by atoms with Crippen LogP contribution >= 0.6 is 0 Å². The molecule has 2 rings (SSSR count). The Morgan fingerprint density at radius 3 is 2.04 bits per heavy atom. The Kier molecular flexibility index (Phi) is 4.74. The minimum Gasteiger partial charge on any atom is -0.465 e. The van der Waals surface area contributed by atoms with Gasteiger partial charge in [0.05, 0.1) is 0 Å². The maximum atomic E-state index is 11.6. The molecule has 0 radical (unpaired) electrons. The zero-order valence-electron chi connectivity index (χ0n) is 15.1. The van der Waals surface area contributed by atoms with Crippen molar-refractivity contribution in [3.63, 3.8) is 0 Å². The number of carboxylic acid groups (broad SMARTS) is 1. The third kappa shape index (κ3) is 4.03. The van der Waals surface area contributed by atoms with E-state index in [1.165, 1.54) is 0 Å². The first kappa shape index (κ1) is 17.8. The molecule has 1 heterocycles. The van der Waals surface area contributed by atoms with E-state index in [-0.39, 0.29) is 22.9 Å². The summed E-state index contributed by atoms with van der Waals surface area (Å²) in [5, 5.41) is 17.9. The van der Waals surface area contributed by atoms with Gasteiger partial charge in [-0.05, 0) is 46.5 Å². The first-order valence-electron chi connectivity index (χ1n) is 8.36. The largest absolute Gasteiger partial charge is 0.465 e. The minimum absolute atomic E-state index is 0.0637. The van der Waals surface area contributed by atoms with Crippen molar-refractivity contribution in [3.8, 4) is 0 Å². The smallest absolute Gasteiger partial charge is 0.407 e. The molecule has 0 saturated heterocycles. The Morgan fingerprint density at radius 2 is 1.65 bits per heavy atom. The highest BCUT2D eigenvalue weighted by atomic mass is 16.4. The van der Waals surface area contributed by atoms with E-state index in [0.717, 1.165) is 25.7 Å². The van der Waals surface area contributed by atoms with Crippen molar-refractivity contribution in [3.05, 3.63) is 11.8 Å². The van der Waals surface area contributed by atoms with Crippen molar-refractivity contribution in [1.29, 1.82) is 0 Å². The first-order chi connectivity index (χ1) is 10.5. The van der Waals surface area contributed by atoms with Crippen LogP contribution in [0.5, 0.6) is 0 Å². The number of nitrogens with zero attached hydrogens (tertiary/aromatic N) is 3. The van der Waals surface area contributed by atoms with Crippen molar-refractivity contribution in [2.75, 3.05) is 0 Å². The second-order valence-electron chi connectivity index (χ2n) is 8.52. The third-order valence-electron chi connectivity index (χ3n) is 4.42. The van der Waals surface area contributed by atoms with Gasteiger partial charge >= 0.3 is 6.09 Å². The van der Waals surface area contributed by atoms with Gasteiger partial charge in [-0.1, -0.05) is 20.8 Å². The van der Waals surface area contributed by atoms with Gasteiger partial charge in [-0.15, -0.1) is 10.2 Å². The molecule has 0 bridgehead atoms. The van der Waals surface area contributed by atoms with Crippen LogP contribution in [0.2, 0.25) is 0 Å². The third-order valence-corrected chi connectivity index (χ3v) is 4.42. The standard InChI is InChI=1S/C17H29N3O3/c1-16(2,3)14-19-18-13(23-14)11-7-9-12(10-8-11)20(15(21)22)17(4,5)6/h11-12H,7-10H2,1-6H3,(H,21,22)/t11-,12-. The lowest BCUT2D eigenvalue weighted by Crippen LogP contribution is -2.52. The lowest BCUT2D eigenvalue weighted by molar-refractivity contribution is 0.0534. The van der Waals surface area contributed by atoms with Gasteiger partial charge in [0.1, 0.15) is 0 Å². The lowest BCUT2D eigenvalue weighted by atomic mass is 9.84. The van der Waals surface area contributed by atoms with Crippen LogP contribution in [0.1, 0.15) is 84.9 Å². The van der Waals surface area contributed by atoms with Crippen LogP contribution in [-0.2, 0) is 5.41 Å². The fraction of sp³-hybridized carbons (Fsp3) is 0.824. The van der Waals surface area contributed by atoms with Crippen LogP contribution < -0.4 is 0 Å². The highest BCUT2D eigenvalue weighted by Crippen LogP contribution is 2.37. The van der Waals surface area contributed by atoms with Crippen LogP contribution in [0.4, 0.5) is 4.79 Å². The summed E-state index contributed by atoms with van der Waals surface area (Å²) in [7, 11) is 0. The molecule has 23 heavy (non-hydrogen) atoms. The van der Waals surface area contributed by atoms with Crippen molar-refractivity contribution in [2.24, 2.45) is 0 Å². The molecule has 0 aliphatic heterocycles. The highest BCUT2D eigenvalue weighted by molar-refractivity contribution is 5.66. The fourth-order valence-corrected chi connectivity index (χ4v) is 3.27. The summed E-state index contributed by atoms with van der Waals surface area (Å²) in [6.07, 6.45) is 2.60. The molecular weight excluding hydrogens is 294 g/mol. The quantitative estimate of drug-likeness (QED) is 0.883. The fourth-order valence-electron chi connectivity index (χ4n) is 3.27. The monoisotopic (exact) mass is 323 g/mol. The van der Waals surface area contributed by atoms with E-state index in [0.29, 0.717) is 11.8 Å². The highest BCUT2D eigenvalue weighted by Gasteiger charge is 2.37. The summed E-state index contributed by atoms with van der Waals surface area (Å²) in [6, 6.07) is 0.0637. The van der Waals surface area contributed by atoms with Gasteiger partial charge in [-0.3, -0.25) is 0 Å². The van der Waals surface area contributed by atoms with Gasteiger partial charge in [0, 0.05) is 22.9 Å². The van der Waals surface area contributed by atoms with E-state index in [4.69, 9.17) is 4.42 Å². The number of rotatable bonds is 2. The summed E-state index contributed by atoms with van der Waals surface area (Å²) < 4.78 is 5.85. The Labute approximate surface area is 138 Å². The van der Waals surface area contributed by atoms with E-state index in [1.807, 2.05) is 20.8 Å². The van der Waals surface area contributed by atoms with E-state index in [9.17, 15) is 9.90 Å². The molecule has 6 heteroatoms. The zero-order chi connectivity index (χ0) is 17.4. The van der Waals surface area contributed by atoms with Crippen LogP contribution in [0.15, 0.2) is 4.42 Å². The van der Waals surface area contributed by atoms with E-state index < -0.39 is 6.09 Å². The van der Waals surface area contributed by atoms with Gasteiger partial charge in [0.2, 0.25) is 11.8 Å². The summed E-state index contributed by atoms with van der Waals surface area (Å²) >= 11 is 0. The summed E-state index contributed by atoms with van der Waals surface area (Å²) in [4.78, 5) is 13.2. The average molecular weight is 323 g/mol. The molecule has 0 unspecified atom stereocenters. The van der Waals surface area contributed by atoms with E-state index >= 15 is 0 Å². The first-order valence-corrected chi connectivity index (χ1v) is 8.36. The molecule has 0 spiro atoms. The van der Waals surface area contributed by atoms with E-state index in [1.54, 1.807) is 4.90 Å². The van der Waals surface area contributed by atoms with Gasteiger partial charge in [0.15, 0.2) is 0 Å². The molecule has 6 nitrogen and oxygen atoms in total. The minimum atomic E-state index is -0.839. The van der Waals surface area contributed by atoms with Gasteiger partial charge < -0.3 is 14.4 Å². The number of hydrogen-bond acceptors (Lipinski definition) is 4. The number of carbonyl (C=O) groups is 1. The molecule has 0 aromatic carbocycles. The Hall–Kier alpha value is -1.59. The molecule has 1 aliphatic rings. The van der Waals surface area contributed by atoms with Crippen LogP contribution in [-0.4, -0.2) is 37.9 Å². The van der Waals surface area contributed by atoms with Crippen LogP contribution in [0.3, 0.4) is 0 Å². The predicted molar refractivity (Wildman–Crippen MR) is 87.6 cm³/mol. The lowest BCUT2D eigenvalue weighted by Gasteiger charge is -2.42. The van der Waals surface area contributed by atoms with Crippen molar-refractivity contribution in [2.45, 2.75) is 90.1 Å². The summed E-state index contributed by atoms with van der Waals surface area (Å²) in [5.74, 6) is 1.60. The van der Waals surface area contributed by atoms with Gasteiger partial charge in [0.25, 0.3) is 0 Å². The number of hydrogen-bond donors (Lipinski definition) is 1. The molecule has 1 amide bonds. The Morgan fingerprint density at radius 1 is 1.09 bits per heavy atom. The van der Waals surface area contributed by atoms with Crippen molar-refractivity contribution in [1.82, 2.24) is 15.1 Å². The van der Waals surface area contributed by atoms with E-state index in [2.05, 4.69) is 31.0 Å². The molecular formula is C17H29N3O3. The number of aromatic nitrogens is 2. The maximum Gasteiger partial charge on any atom is 0.407 e. The molecule has 1 aromatic heterocycles. The normalized spacial score (nSPS) is 22.9. The SMILES string of the molecule is CC(C)(C)c1nnc([C@H]2CC[C@H](N(C(=O)O)C(C)(C)C)CC2)o1. The topological polar surface area (TPSA) is 79.5 Å². The molecule has 0 atom stereocenters. The van der Waals surface area contributed by atoms with Gasteiger partial charge in [-0.2, -0.15) is 0 Å². The molecule has 130 valence electrons. The Bertz CT molecular complexity index is 546. The molecule has 1 N–H and O–H groups in total. The second-order valence-corrected chi connectivity index (χ2v) is 8.52. The molecule has 1 saturated carbocycles. The molecule has 1 fully saturated rings. The summed E-state index contributed by atoms with van der Waals surface area (Å²) in [5.41, 5.74) is -0.526. The van der Waals surface area contributed by atoms with Crippen molar-refractivity contribution < 1.29 is 14.3 Å². The molecule has 1 aromatic rings. The van der Waals surface area contributed by atoms with Gasteiger partial charge in [-0.25, -0.2) is 4.79 Å². The second kappa shape index (κ2) is 6.13. The van der Waals surface area contributed by atoms with Crippen LogP contribution in [0, 0.1) is 0 Å². The number of amides is 1. The maximum absolute atomic E-state index is 11.6. The zero-order valence-corrected chi connectivity index (χ0v) is 15.1. The summed E-state index contributed by atoms with van der Waals surface area (Å²) in [6.45, 7) is 12.0. The molecule has 1 aliphatic carbocycles. The average Bonchev–Trinajstić information content (AvgIpc) is 2.86. The van der Waals surface area contributed by atoms with Crippen molar-refractivity contribution >= 4 is 6.09 Å². The van der Waals surface area contributed by atoms with Crippen LogP contribution in [0.25, 0.3) is 0 Å². The Balaban J connectivity index is 2.03.